The van der Waals surface area contributed by atoms with Crippen LogP contribution in [0.15, 0.2) is 24.3 Å². The van der Waals surface area contributed by atoms with Gasteiger partial charge in [-0.05, 0) is 24.5 Å². The Balaban J connectivity index is 2.54. The summed E-state index contributed by atoms with van der Waals surface area (Å²) in [5.74, 6) is 1.42. The Kier molecular flexibility index (Phi) is 5.26. The molecule has 1 unspecified atom stereocenters. The first-order chi connectivity index (χ1) is 7.63. The van der Waals surface area contributed by atoms with Gasteiger partial charge in [0.1, 0.15) is 10.7 Å². The number of nitrogens with two attached hydrogens (primary N) is 1. The van der Waals surface area contributed by atoms with Gasteiger partial charge in [0.15, 0.2) is 0 Å². The number of hydrogen-bond acceptors (Lipinski definition) is 2. The van der Waals surface area contributed by atoms with Crippen molar-refractivity contribution in [1.29, 1.82) is 0 Å². The minimum absolute atomic E-state index is 0.409. The summed E-state index contributed by atoms with van der Waals surface area (Å²) in [6.07, 6.45) is 2.38. The van der Waals surface area contributed by atoms with Crippen molar-refractivity contribution in [1.82, 2.24) is 0 Å². The standard InChI is InChI=1S/C13H19NOS/c1-3-5-10(2)9-15-12-7-4-6-11(8-12)13(14)16/h4,6-8,10H,3,5,9H2,1-2H3,(H2,14,16). The quantitative estimate of drug-likeness (QED) is 0.772. The molecule has 1 aromatic carbocycles. The molecule has 1 atom stereocenters. The summed E-state index contributed by atoms with van der Waals surface area (Å²) >= 11 is 4.92. The fourth-order valence-corrected chi connectivity index (χ4v) is 1.68. The molecule has 0 fully saturated rings. The SMILES string of the molecule is CCCC(C)COc1cccc(C(N)=S)c1. The molecule has 88 valence electrons. The fraction of sp³-hybridized carbons (Fsp3) is 0.462. The Bertz CT molecular complexity index is 352. The van der Waals surface area contributed by atoms with Crippen LogP contribution in [0.25, 0.3) is 0 Å². The van der Waals surface area contributed by atoms with E-state index < -0.39 is 0 Å². The maximum Gasteiger partial charge on any atom is 0.120 e. The summed E-state index contributed by atoms with van der Waals surface area (Å²) in [6.45, 7) is 5.12. The van der Waals surface area contributed by atoms with Gasteiger partial charge in [0.05, 0.1) is 6.61 Å². The van der Waals surface area contributed by atoms with Crippen molar-refractivity contribution in [3.63, 3.8) is 0 Å². The monoisotopic (exact) mass is 237 g/mol. The molecule has 0 aromatic heterocycles. The van der Waals surface area contributed by atoms with Crippen LogP contribution in [0.1, 0.15) is 32.3 Å². The summed E-state index contributed by atoms with van der Waals surface area (Å²) in [4.78, 5) is 0.409. The molecule has 0 bridgehead atoms. The van der Waals surface area contributed by atoms with Crippen molar-refractivity contribution >= 4 is 17.2 Å². The number of rotatable bonds is 6. The molecule has 2 nitrogen and oxygen atoms in total. The van der Waals surface area contributed by atoms with Crippen LogP contribution in [0.3, 0.4) is 0 Å². The van der Waals surface area contributed by atoms with E-state index in [2.05, 4.69) is 13.8 Å². The van der Waals surface area contributed by atoms with Gasteiger partial charge in [-0.3, -0.25) is 0 Å². The van der Waals surface area contributed by atoms with Crippen molar-refractivity contribution < 1.29 is 4.74 Å². The summed E-state index contributed by atoms with van der Waals surface area (Å²) < 4.78 is 5.70. The van der Waals surface area contributed by atoms with E-state index in [9.17, 15) is 0 Å². The number of ether oxygens (including phenoxy) is 1. The zero-order valence-electron chi connectivity index (χ0n) is 9.90. The second kappa shape index (κ2) is 6.48. The molecular weight excluding hydrogens is 218 g/mol. The van der Waals surface area contributed by atoms with Gasteiger partial charge >= 0.3 is 0 Å². The van der Waals surface area contributed by atoms with Crippen molar-refractivity contribution in [2.45, 2.75) is 26.7 Å². The molecule has 0 spiro atoms. The Hall–Kier alpha value is -1.09. The molecular formula is C13H19NOS. The predicted molar refractivity (Wildman–Crippen MR) is 71.9 cm³/mol. The van der Waals surface area contributed by atoms with E-state index in [-0.39, 0.29) is 0 Å². The first kappa shape index (κ1) is 13.0. The van der Waals surface area contributed by atoms with Crippen molar-refractivity contribution in [3.05, 3.63) is 29.8 Å². The van der Waals surface area contributed by atoms with Gasteiger partial charge in [-0.2, -0.15) is 0 Å². The molecule has 0 amide bonds. The van der Waals surface area contributed by atoms with Crippen LogP contribution in [0.4, 0.5) is 0 Å². The normalized spacial score (nSPS) is 12.1. The highest BCUT2D eigenvalue weighted by Crippen LogP contribution is 2.15. The highest BCUT2D eigenvalue weighted by molar-refractivity contribution is 7.80. The number of hydrogen-bond donors (Lipinski definition) is 1. The molecule has 0 saturated carbocycles. The van der Waals surface area contributed by atoms with E-state index in [1.165, 1.54) is 12.8 Å². The Labute approximate surface area is 103 Å². The van der Waals surface area contributed by atoms with Crippen LogP contribution in [0.2, 0.25) is 0 Å². The average Bonchev–Trinajstić information content (AvgIpc) is 2.27. The van der Waals surface area contributed by atoms with E-state index in [4.69, 9.17) is 22.7 Å². The molecule has 0 heterocycles. The van der Waals surface area contributed by atoms with Crippen LogP contribution in [0.5, 0.6) is 5.75 Å². The second-order valence-corrected chi connectivity index (χ2v) is 4.54. The van der Waals surface area contributed by atoms with Gasteiger partial charge in [-0.1, -0.05) is 44.6 Å². The molecule has 0 radical (unpaired) electrons. The Morgan fingerprint density at radius 1 is 1.50 bits per heavy atom. The minimum Gasteiger partial charge on any atom is -0.493 e. The van der Waals surface area contributed by atoms with Gasteiger partial charge in [-0.15, -0.1) is 0 Å². The number of benzene rings is 1. The smallest absolute Gasteiger partial charge is 0.120 e. The maximum atomic E-state index is 5.70. The van der Waals surface area contributed by atoms with Gasteiger partial charge in [0.25, 0.3) is 0 Å². The largest absolute Gasteiger partial charge is 0.493 e. The van der Waals surface area contributed by atoms with Gasteiger partial charge in [0, 0.05) is 5.56 Å². The van der Waals surface area contributed by atoms with Gasteiger partial charge in [0.2, 0.25) is 0 Å². The third-order valence-electron chi connectivity index (χ3n) is 2.43. The lowest BCUT2D eigenvalue weighted by Crippen LogP contribution is -2.11. The van der Waals surface area contributed by atoms with Crippen LogP contribution in [-0.2, 0) is 0 Å². The van der Waals surface area contributed by atoms with E-state index in [1.807, 2.05) is 24.3 Å². The average molecular weight is 237 g/mol. The lowest BCUT2D eigenvalue weighted by Gasteiger charge is -2.12. The van der Waals surface area contributed by atoms with E-state index in [0.717, 1.165) is 17.9 Å². The number of thiocarbonyl (C=S) groups is 1. The highest BCUT2D eigenvalue weighted by Gasteiger charge is 2.03. The predicted octanol–water partition coefficient (Wildman–Crippen LogP) is 3.14. The maximum absolute atomic E-state index is 5.70. The van der Waals surface area contributed by atoms with E-state index in [1.54, 1.807) is 0 Å². The lowest BCUT2D eigenvalue weighted by molar-refractivity contribution is 0.251. The minimum atomic E-state index is 0.409. The molecule has 0 aliphatic rings. The van der Waals surface area contributed by atoms with Crippen LogP contribution >= 0.6 is 12.2 Å². The molecule has 0 aliphatic heterocycles. The Morgan fingerprint density at radius 3 is 2.88 bits per heavy atom. The summed E-state index contributed by atoms with van der Waals surface area (Å²) in [5.41, 5.74) is 6.42. The van der Waals surface area contributed by atoms with Crippen LogP contribution < -0.4 is 10.5 Å². The summed E-state index contributed by atoms with van der Waals surface area (Å²) in [6, 6.07) is 7.63. The fourth-order valence-electron chi connectivity index (χ4n) is 1.55. The van der Waals surface area contributed by atoms with Crippen molar-refractivity contribution in [2.24, 2.45) is 11.7 Å². The van der Waals surface area contributed by atoms with E-state index in [0.29, 0.717) is 10.9 Å². The van der Waals surface area contributed by atoms with Crippen molar-refractivity contribution in [2.75, 3.05) is 6.61 Å². The van der Waals surface area contributed by atoms with Gasteiger partial charge < -0.3 is 10.5 Å². The summed E-state index contributed by atoms with van der Waals surface area (Å²) in [7, 11) is 0. The second-order valence-electron chi connectivity index (χ2n) is 4.10. The summed E-state index contributed by atoms with van der Waals surface area (Å²) in [5, 5.41) is 0. The first-order valence-corrected chi connectivity index (χ1v) is 6.07. The topological polar surface area (TPSA) is 35.2 Å². The Morgan fingerprint density at radius 2 is 2.25 bits per heavy atom. The molecule has 2 N–H and O–H groups in total. The third-order valence-corrected chi connectivity index (χ3v) is 2.67. The van der Waals surface area contributed by atoms with Gasteiger partial charge in [-0.25, -0.2) is 0 Å². The third kappa shape index (κ3) is 4.19. The highest BCUT2D eigenvalue weighted by atomic mass is 32.1. The molecule has 3 heteroatoms. The van der Waals surface area contributed by atoms with Crippen molar-refractivity contribution in [3.8, 4) is 5.75 Å². The van der Waals surface area contributed by atoms with Crippen LogP contribution in [-0.4, -0.2) is 11.6 Å². The molecule has 1 aromatic rings. The van der Waals surface area contributed by atoms with Crippen LogP contribution in [0, 0.1) is 5.92 Å². The lowest BCUT2D eigenvalue weighted by atomic mass is 10.1. The van der Waals surface area contributed by atoms with E-state index >= 15 is 0 Å². The molecule has 1 rings (SSSR count). The molecule has 16 heavy (non-hydrogen) atoms. The molecule has 0 aliphatic carbocycles. The first-order valence-electron chi connectivity index (χ1n) is 5.66. The zero-order chi connectivity index (χ0) is 12.0. The molecule has 0 saturated heterocycles. The zero-order valence-corrected chi connectivity index (χ0v) is 10.7.